The minimum absolute atomic E-state index is 0.120. The normalized spacial score (nSPS) is 21.8. The third-order valence-corrected chi connectivity index (χ3v) is 15.6. The first-order chi connectivity index (χ1) is 30.2. The van der Waals surface area contributed by atoms with E-state index in [-0.39, 0.29) is 5.41 Å². The van der Waals surface area contributed by atoms with Crippen LogP contribution in [-0.2, 0) is 5.41 Å². The van der Waals surface area contributed by atoms with Crippen molar-refractivity contribution in [2.45, 2.75) is 37.5 Å². The van der Waals surface area contributed by atoms with Crippen molar-refractivity contribution in [3.8, 4) is 44.5 Å². The van der Waals surface area contributed by atoms with Gasteiger partial charge in [-0.25, -0.2) is 0 Å². The molecule has 1 nitrogen and oxygen atoms in total. The van der Waals surface area contributed by atoms with Crippen molar-refractivity contribution in [3.05, 3.63) is 211 Å². The molecular weight excluding hydrogens is 735 g/mol. The third kappa shape index (κ3) is 5.33. The number of fused-ring (bicyclic) bond motifs is 10. The summed E-state index contributed by atoms with van der Waals surface area (Å²) in [5, 5.41) is 5.12. The maximum atomic E-state index is 2.56. The van der Waals surface area contributed by atoms with E-state index < -0.39 is 0 Å². The average Bonchev–Trinajstić information content (AvgIpc) is 3.74. The minimum Gasteiger partial charge on any atom is -0.310 e. The number of anilines is 3. The second-order valence-corrected chi connectivity index (χ2v) is 18.4. The standard InChI is InChI=1S/C60H47N/c1-3-14-40(15-4-1)42-26-29-59(54(35-42)41-16-5-2-6-17-41)61(46-20-13-19-43(34-46)52-36-44-18-7-8-21-48(44)49-22-9-10-23-50(49)52)47-27-28-57-55(38-47)51-24-11-12-25-56(51)60(57)31-30-39-32-45-37-58(60)53(45)33-39/h1-29,34-36,38-39,45,53,58H,30-33,37H2. The van der Waals surface area contributed by atoms with Gasteiger partial charge in [0.2, 0.25) is 0 Å². The molecule has 13 rings (SSSR count). The van der Waals surface area contributed by atoms with Crippen LogP contribution in [0.25, 0.3) is 66.1 Å². The van der Waals surface area contributed by atoms with Crippen LogP contribution in [0, 0.1) is 23.7 Å². The van der Waals surface area contributed by atoms with Gasteiger partial charge in [0.15, 0.2) is 0 Å². The highest BCUT2D eigenvalue weighted by atomic mass is 15.1. The first-order valence-electron chi connectivity index (χ1n) is 22.5. The zero-order valence-electron chi connectivity index (χ0n) is 34.3. The van der Waals surface area contributed by atoms with E-state index in [4.69, 9.17) is 0 Å². The van der Waals surface area contributed by atoms with E-state index in [0.29, 0.717) is 0 Å². The van der Waals surface area contributed by atoms with Crippen molar-refractivity contribution >= 4 is 38.6 Å². The maximum absolute atomic E-state index is 2.56. The lowest BCUT2D eigenvalue weighted by Gasteiger charge is -2.52. The summed E-state index contributed by atoms with van der Waals surface area (Å²) in [6.07, 6.45) is 6.95. The van der Waals surface area contributed by atoms with Crippen molar-refractivity contribution in [3.63, 3.8) is 0 Å². The number of nitrogens with zero attached hydrogens (tertiary/aromatic N) is 1. The predicted molar refractivity (Wildman–Crippen MR) is 256 cm³/mol. The monoisotopic (exact) mass is 781 g/mol. The van der Waals surface area contributed by atoms with Gasteiger partial charge in [-0.05, 0) is 170 Å². The molecule has 2 bridgehead atoms. The number of benzene rings is 9. The molecule has 0 saturated heterocycles. The Balaban J connectivity index is 1.04. The van der Waals surface area contributed by atoms with Gasteiger partial charge in [0.25, 0.3) is 0 Å². The first-order valence-corrected chi connectivity index (χ1v) is 22.5. The molecule has 3 saturated carbocycles. The fourth-order valence-electron chi connectivity index (χ4n) is 12.9. The smallest absolute Gasteiger partial charge is 0.0540 e. The summed E-state index contributed by atoms with van der Waals surface area (Å²) >= 11 is 0. The number of hydrogen-bond acceptors (Lipinski definition) is 1. The van der Waals surface area contributed by atoms with E-state index in [0.717, 1.165) is 29.4 Å². The molecule has 61 heavy (non-hydrogen) atoms. The molecule has 5 atom stereocenters. The second kappa shape index (κ2) is 13.7. The van der Waals surface area contributed by atoms with Crippen molar-refractivity contribution in [2.75, 3.05) is 4.90 Å². The summed E-state index contributed by atoms with van der Waals surface area (Å²) in [5.41, 5.74) is 17.0. The largest absolute Gasteiger partial charge is 0.310 e. The molecule has 4 aliphatic rings. The van der Waals surface area contributed by atoms with E-state index in [1.165, 1.54) is 110 Å². The Hall–Kier alpha value is -6.70. The molecule has 4 aliphatic carbocycles. The van der Waals surface area contributed by atoms with Crippen molar-refractivity contribution < 1.29 is 0 Å². The van der Waals surface area contributed by atoms with E-state index in [2.05, 4.69) is 205 Å². The van der Waals surface area contributed by atoms with Crippen LogP contribution in [0.15, 0.2) is 200 Å². The lowest BCUT2D eigenvalue weighted by molar-refractivity contribution is 0.0400. The van der Waals surface area contributed by atoms with Crippen molar-refractivity contribution in [1.82, 2.24) is 0 Å². The average molecular weight is 782 g/mol. The maximum Gasteiger partial charge on any atom is 0.0540 e. The number of rotatable bonds is 6. The van der Waals surface area contributed by atoms with E-state index in [1.807, 2.05) is 0 Å². The molecule has 9 aromatic rings. The van der Waals surface area contributed by atoms with Gasteiger partial charge in [0, 0.05) is 22.4 Å². The summed E-state index contributed by atoms with van der Waals surface area (Å²) in [4.78, 5) is 2.55. The lowest BCUT2D eigenvalue weighted by Crippen LogP contribution is -2.47. The molecule has 0 aromatic heterocycles. The van der Waals surface area contributed by atoms with Gasteiger partial charge in [-0.1, -0.05) is 158 Å². The van der Waals surface area contributed by atoms with E-state index in [1.54, 1.807) is 11.1 Å². The van der Waals surface area contributed by atoms with Crippen LogP contribution in [-0.4, -0.2) is 0 Å². The molecule has 9 aromatic carbocycles. The molecule has 5 unspecified atom stereocenters. The highest BCUT2D eigenvalue weighted by Gasteiger charge is 2.61. The Bertz CT molecular complexity index is 3160. The van der Waals surface area contributed by atoms with Crippen LogP contribution >= 0.6 is 0 Å². The third-order valence-electron chi connectivity index (χ3n) is 15.6. The Morgan fingerprint density at radius 3 is 1.98 bits per heavy atom. The lowest BCUT2D eigenvalue weighted by atomic mass is 9.51. The van der Waals surface area contributed by atoms with Gasteiger partial charge in [-0.15, -0.1) is 0 Å². The highest BCUT2D eigenvalue weighted by Crippen LogP contribution is 2.69. The number of hydrogen-bond donors (Lipinski definition) is 0. The highest BCUT2D eigenvalue weighted by molar-refractivity contribution is 6.14. The molecule has 0 heterocycles. The Morgan fingerprint density at radius 2 is 1.11 bits per heavy atom. The molecule has 1 spiro atoms. The molecule has 3 fully saturated rings. The summed E-state index contributed by atoms with van der Waals surface area (Å²) in [5.74, 6) is 3.49. The van der Waals surface area contributed by atoms with Crippen LogP contribution in [0.5, 0.6) is 0 Å². The van der Waals surface area contributed by atoms with Crippen LogP contribution in [0.2, 0.25) is 0 Å². The second-order valence-electron chi connectivity index (χ2n) is 18.4. The SMILES string of the molecule is c1ccc(-c2ccc(N(c3cccc(-c4cc5ccccc5c5ccccc45)c3)c3ccc4c(c3)-c3ccccc3C43CCC4CC5CC3C5C4)c(-c3ccccc3)c2)cc1. The first kappa shape index (κ1) is 35.1. The van der Waals surface area contributed by atoms with Crippen LogP contribution in [0.3, 0.4) is 0 Å². The van der Waals surface area contributed by atoms with Crippen LogP contribution < -0.4 is 4.90 Å². The predicted octanol–water partition coefficient (Wildman–Crippen LogP) is 16.2. The Morgan fingerprint density at radius 1 is 0.410 bits per heavy atom. The Labute approximate surface area is 359 Å². The summed E-state index contributed by atoms with van der Waals surface area (Å²) in [7, 11) is 0. The Kier molecular flexibility index (Phi) is 7.86. The molecular formula is C60H47N. The van der Waals surface area contributed by atoms with Crippen molar-refractivity contribution in [1.29, 1.82) is 0 Å². The topological polar surface area (TPSA) is 3.24 Å². The minimum atomic E-state index is 0.120. The van der Waals surface area contributed by atoms with Crippen molar-refractivity contribution in [2.24, 2.45) is 23.7 Å². The van der Waals surface area contributed by atoms with E-state index in [9.17, 15) is 0 Å². The molecule has 1 heteroatoms. The molecule has 0 N–H and O–H groups in total. The molecule has 0 amide bonds. The molecule has 292 valence electrons. The summed E-state index contributed by atoms with van der Waals surface area (Å²) in [6, 6.07) is 75.3. The zero-order chi connectivity index (χ0) is 40.1. The fourth-order valence-corrected chi connectivity index (χ4v) is 12.9. The van der Waals surface area contributed by atoms with E-state index >= 15 is 0 Å². The van der Waals surface area contributed by atoms with Gasteiger partial charge in [-0.3, -0.25) is 0 Å². The molecule has 0 aliphatic heterocycles. The van der Waals surface area contributed by atoms with Gasteiger partial charge in [-0.2, -0.15) is 0 Å². The van der Waals surface area contributed by atoms with Gasteiger partial charge < -0.3 is 4.90 Å². The summed E-state index contributed by atoms with van der Waals surface area (Å²) < 4.78 is 0. The summed E-state index contributed by atoms with van der Waals surface area (Å²) in [6.45, 7) is 0. The van der Waals surface area contributed by atoms with Gasteiger partial charge in [0.1, 0.15) is 0 Å². The van der Waals surface area contributed by atoms with Gasteiger partial charge >= 0.3 is 0 Å². The molecule has 0 radical (unpaired) electrons. The van der Waals surface area contributed by atoms with Gasteiger partial charge in [0.05, 0.1) is 5.69 Å². The van der Waals surface area contributed by atoms with Crippen LogP contribution in [0.4, 0.5) is 17.1 Å². The quantitative estimate of drug-likeness (QED) is 0.152. The zero-order valence-corrected chi connectivity index (χ0v) is 34.3. The van der Waals surface area contributed by atoms with Crippen LogP contribution in [0.1, 0.15) is 43.2 Å². The fraction of sp³-hybridized carbons (Fsp3) is 0.167.